The first-order chi connectivity index (χ1) is 11.6. The zero-order chi connectivity index (χ0) is 17.4. The molecule has 0 aliphatic carbocycles. The molecule has 0 spiro atoms. The number of carbonyl (C=O) groups excluding carboxylic acids is 1. The number of halogens is 2. The molecule has 2 aromatic rings. The van der Waals surface area contributed by atoms with Crippen molar-refractivity contribution in [3.05, 3.63) is 57.0 Å². The lowest BCUT2D eigenvalue weighted by molar-refractivity contribution is -0.123. The van der Waals surface area contributed by atoms with E-state index in [0.29, 0.717) is 18.1 Å². The maximum atomic E-state index is 11.8. The van der Waals surface area contributed by atoms with Gasteiger partial charge >= 0.3 is 0 Å². The lowest BCUT2D eigenvalue weighted by atomic mass is 10.2. The van der Waals surface area contributed by atoms with E-state index in [0.717, 1.165) is 14.5 Å². The molecule has 5 nitrogen and oxygen atoms in total. The average Bonchev–Trinajstić information content (AvgIpc) is 2.57. The smallest absolute Gasteiger partial charge is 0.277 e. The first-order valence-electron chi connectivity index (χ1n) is 7.21. The summed E-state index contributed by atoms with van der Waals surface area (Å²) < 4.78 is 12.7. The van der Waals surface area contributed by atoms with Crippen LogP contribution in [-0.2, 0) is 4.79 Å². The molecular weight excluding hydrogens is 440 g/mol. The van der Waals surface area contributed by atoms with E-state index in [1.807, 2.05) is 37.3 Å². The molecule has 0 bridgehead atoms. The van der Waals surface area contributed by atoms with E-state index in [9.17, 15) is 4.79 Å². The summed E-state index contributed by atoms with van der Waals surface area (Å²) in [6.45, 7) is 2.34. The summed E-state index contributed by atoms with van der Waals surface area (Å²) in [5.41, 5.74) is 3.19. The Kier molecular flexibility index (Phi) is 7.27. The standard InChI is InChI=1S/C17H16Br2N2O3/c1-2-23-16-8-5-14(19)9-12(16)10-20-21-17(22)11-24-15-6-3-13(18)4-7-15/h3-10H,2,11H2,1H3,(H,21,22)/b20-10-. The van der Waals surface area contributed by atoms with E-state index in [1.165, 1.54) is 6.21 Å². The predicted octanol–water partition coefficient (Wildman–Crippen LogP) is 4.14. The summed E-state index contributed by atoms with van der Waals surface area (Å²) in [4.78, 5) is 11.8. The van der Waals surface area contributed by atoms with Gasteiger partial charge in [0.1, 0.15) is 11.5 Å². The fourth-order valence-electron chi connectivity index (χ4n) is 1.79. The Morgan fingerprint density at radius 2 is 1.83 bits per heavy atom. The van der Waals surface area contributed by atoms with Gasteiger partial charge in [0.15, 0.2) is 6.61 Å². The molecule has 0 heterocycles. The van der Waals surface area contributed by atoms with Gasteiger partial charge in [0.25, 0.3) is 5.91 Å². The molecule has 0 unspecified atom stereocenters. The summed E-state index contributed by atoms with van der Waals surface area (Å²) >= 11 is 6.73. The summed E-state index contributed by atoms with van der Waals surface area (Å²) in [5, 5.41) is 3.94. The van der Waals surface area contributed by atoms with Gasteiger partial charge in [-0.1, -0.05) is 31.9 Å². The highest BCUT2D eigenvalue weighted by atomic mass is 79.9. The van der Waals surface area contributed by atoms with Gasteiger partial charge in [0, 0.05) is 14.5 Å². The molecular formula is C17H16Br2N2O3. The van der Waals surface area contributed by atoms with Gasteiger partial charge in [-0.2, -0.15) is 5.10 Å². The van der Waals surface area contributed by atoms with Crippen LogP contribution in [0.15, 0.2) is 56.5 Å². The Labute approximate surface area is 157 Å². The lowest BCUT2D eigenvalue weighted by Gasteiger charge is -2.07. The minimum Gasteiger partial charge on any atom is -0.493 e. The fraction of sp³-hybridized carbons (Fsp3) is 0.176. The number of hydrogen-bond acceptors (Lipinski definition) is 4. The van der Waals surface area contributed by atoms with Gasteiger partial charge in [-0.25, -0.2) is 5.43 Å². The van der Waals surface area contributed by atoms with Gasteiger partial charge in [-0.3, -0.25) is 4.79 Å². The molecule has 0 atom stereocenters. The number of carbonyl (C=O) groups is 1. The Hall–Kier alpha value is -1.86. The van der Waals surface area contributed by atoms with Crippen molar-refractivity contribution in [3.8, 4) is 11.5 Å². The van der Waals surface area contributed by atoms with E-state index in [4.69, 9.17) is 9.47 Å². The topological polar surface area (TPSA) is 59.9 Å². The van der Waals surface area contributed by atoms with Crippen molar-refractivity contribution in [1.82, 2.24) is 5.43 Å². The Morgan fingerprint density at radius 1 is 1.12 bits per heavy atom. The molecule has 0 aromatic heterocycles. The van der Waals surface area contributed by atoms with Crippen LogP contribution in [0.2, 0.25) is 0 Å². The summed E-state index contributed by atoms with van der Waals surface area (Å²) in [6.07, 6.45) is 1.54. The highest BCUT2D eigenvalue weighted by Gasteiger charge is 2.04. The maximum Gasteiger partial charge on any atom is 0.277 e. The number of nitrogens with one attached hydrogen (secondary N) is 1. The first kappa shape index (κ1) is 18.5. The molecule has 1 N–H and O–H groups in total. The largest absolute Gasteiger partial charge is 0.493 e. The van der Waals surface area contributed by atoms with Gasteiger partial charge in [-0.15, -0.1) is 0 Å². The van der Waals surface area contributed by atoms with Crippen LogP contribution in [0.3, 0.4) is 0 Å². The number of hydrogen-bond donors (Lipinski definition) is 1. The third-order valence-corrected chi connectivity index (χ3v) is 3.87. The van der Waals surface area contributed by atoms with Crippen LogP contribution in [0, 0.1) is 0 Å². The minimum absolute atomic E-state index is 0.115. The van der Waals surface area contributed by atoms with Crippen molar-refractivity contribution >= 4 is 44.0 Å². The van der Waals surface area contributed by atoms with Crippen LogP contribution in [0.25, 0.3) is 0 Å². The average molecular weight is 456 g/mol. The molecule has 2 aromatic carbocycles. The minimum atomic E-state index is -0.345. The zero-order valence-electron chi connectivity index (χ0n) is 13.0. The second-order valence-electron chi connectivity index (χ2n) is 4.65. The van der Waals surface area contributed by atoms with Crippen LogP contribution in [0.5, 0.6) is 11.5 Å². The number of amides is 1. The first-order valence-corrected chi connectivity index (χ1v) is 8.79. The molecule has 0 saturated carbocycles. The number of hydrazone groups is 1. The van der Waals surface area contributed by atoms with Gasteiger partial charge in [-0.05, 0) is 49.4 Å². The van der Waals surface area contributed by atoms with Crippen LogP contribution in [0.4, 0.5) is 0 Å². The van der Waals surface area contributed by atoms with Gasteiger partial charge < -0.3 is 9.47 Å². The lowest BCUT2D eigenvalue weighted by Crippen LogP contribution is -2.24. The quantitative estimate of drug-likeness (QED) is 0.504. The highest BCUT2D eigenvalue weighted by molar-refractivity contribution is 9.10. The molecule has 0 fully saturated rings. The van der Waals surface area contributed by atoms with Crippen molar-refractivity contribution in [2.24, 2.45) is 5.10 Å². The van der Waals surface area contributed by atoms with Crippen molar-refractivity contribution in [3.63, 3.8) is 0 Å². The molecule has 24 heavy (non-hydrogen) atoms. The van der Waals surface area contributed by atoms with E-state index >= 15 is 0 Å². The Morgan fingerprint density at radius 3 is 2.54 bits per heavy atom. The van der Waals surface area contributed by atoms with Crippen LogP contribution >= 0.6 is 31.9 Å². The summed E-state index contributed by atoms with van der Waals surface area (Å²) in [5.74, 6) is 0.967. The molecule has 1 amide bonds. The van der Waals surface area contributed by atoms with Crippen LogP contribution < -0.4 is 14.9 Å². The second kappa shape index (κ2) is 9.44. The molecule has 0 radical (unpaired) electrons. The van der Waals surface area contributed by atoms with E-state index in [1.54, 1.807) is 12.1 Å². The molecule has 7 heteroatoms. The zero-order valence-corrected chi connectivity index (χ0v) is 16.1. The Bertz CT molecular complexity index is 718. The fourth-order valence-corrected chi connectivity index (χ4v) is 2.44. The van der Waals surface area contributed by atoms with Crippen molar-refractivity contribution in [1.29, 1.82) is 0 Å². The molecule has 0 saturated heterocycles. The molecule has 0 aliphatic heterocycles. The number of rotatable bonds is 7. The monoisotopic (exact) mass is 454 g/mol. The number of benzene rings is 2. The van der Waals surface area contributed by atoms with Crippen molar-refractivity contribution < 1.29 is 14.3 Å². The van der Waals surface area contributed by atoms with Gasteiger partial charge in [0.05, 0.1) is 12.8 Å². The maximum absolute atomic E-state index is 11.8. The van der Waals surface area contributed by atoms with E-state index in [-0.39, 0.29) is 12.5 Å². The normalized spacial score (nSPS) is 10.6. The number of nitrogens with zero attached hydrogens (tertiary/aromatic N) is 1. The SMILES string of the molecule is CCOc1ccc(Br)cc1/C=N\NC(=O)COc1ccc(Br)cc1. The molecule has 0 aliphatic rings. The van der Waals surface area contributed by atoms with Crippen molar-refractivity contribution in [2.45, 2.75) is 6.92 Å². The molecule has 2 rings (SSSR count). The van der Waals surface area contributed by atoms with Crippen LogP contribution in [0.1, 0.15) is 12.5 Å². The van der Waals surface area contributed by atoms with E-state index < -0.39 is 0 Å². The van der Waals surface area contributed by atoms with Gasteiger partial charge in [0.2, 0.25) is 0 Å². The second-order valence-corrected chi connectivity index (χ2v) is 6.48. The predicted molar refractivity (Wildman–Crippen MR) is 101 cm³/mol. The van der Waals surface area contributed by atoms with Crippen molar-refractivity contribution in [2.75, 3.05) is 13.2 Å². The third kappa shape index (κ3) is 5.98. The van der Waals surface area contributed by atoms with E-state index in [2.05, 4.69) is 42.4 Å². The van der Waals surface area contributed by atoms with Crippen LogP contribution in [-0.4, -0.2) is 25.3 Å². The molecule has 126 valence electrons. The third-order valence-electron chi connectivity index (χ3n) is 2.85. The number of ether oxygens (including phenoxy) is 2. The highest BCUT2D eigenvalue weighted by Crippen LogP contribution is 2.21. The summed E-state index contributed by atoms with van der Waals surface area (Å²) in [6, 6.07) is 12.8. The summed E-state index contributed by atoms with van der Waals surface area (Å²) in [7, 11) is 0. The Balaban J connectivity index is 1.88.